The number of aryl methyl sites for hydroxylation is 1. The van der Waals surface area contributed by atoms with Crippen molar-refractivity contribution in [1.29, 1.82) is 0 Å². The quantitative estimate of drug-likeness (QED) is 0.880. The molecule has 0 aliphatic carbocycles. The first-order chi connectivity index (χ1) is 9.72. The van der Waals surface area contributed by atoms with E-state index in [1.165, 1.54) is 6.33 Å². The van der Waals surface area contributed by atoms with Crippen LogP contribution in [0.1, 0.15) is 12.6 Å². The highest BCUT2D eigenvalue weighted by molar-refractivity contribution is 5.45. The zero-order chi connectivity index (χ0) is 13.9. The standard InChI is InChI=1S/C13H20N6O/c1-10-7-12(19-13(17-10)14-9-15-19)16-11(2)8-18-3-5-20-6-4-18/h7,9,11,16H,3-6,8H2,1-2H3. The molecule has 108 valence electrons. The fourth-order valence-electron chi connectivity index (χ4n) is 2.50. The van der Waals surface area contributed by atoms with E-state index in [1.54, 1.807) is 4.52 Å². The molecule has 7 heteroatoms. The summed E-state index contributed by atoms with van der Waals surface area (Å²) in [6.07, 6.45) is 1.53. The molecule has 1 aliphatic heterocycles. The highest BCUT2D eigenvalue weighted by Crippen LogP contribution is 2.12. The van der Waals surface area contributed by atoms with Gasteiger partial charge in [0.05, 0.1) is 13.2 Å². The molecule has 0 radical (unpaired) electrons. The number of nitrogens with zero attached hydrogens (tertiary/aromatic N) is 5. The molecule has 1 atom stereocenters. The maximum Gasteiger partial charge on any atom is 0.254 e. The molecule has 2 aromatic heterocycles. The van der Waals surface area contributed by atoms with Crippen LogP contribution in [-0.4, -0.2) is 63.4 Å². The molecule has 0 aromatic carbocycles. The van der Waals surface area contributed by atoms with Crippen molar-refractivity contribution in [3.05, 3.63) is 18.1 Å². The molecule has 2 aromatic rings. The van der Waals surface area contributed by atoms with Gasteiger partial charge in [-0.2, -0.15) is 14.6 Å². The number of fused-ring (bicyclic) bond motifs is 1. The Labute approximate surface area is 118 Å². The Morgan fingerprint density at radius 1 is 1.40 bits per heavy atom. The SMILES string of the molecule is Cc1cc(NC(C)CN2CCOCC2)n2ncnc2n1. The van der Waals surface area contributed by atoms with E-state index in [-0.39, 0.29) is 0 Å². The van der Waals surface area contributed by atoms with Gasteiger partial charge in [0.15, 0.2) is 0 Å². The van der Waals surface area contributed by atoms with E-state index < -0.39 is 0 Å². The summed E-state index contributed by atoms with van der Waals surface area (Å²) in [5, 5.41) is 7.70. The van der Waals surface area contributed by atoms with Crippen LogP contribution >= 0.6 is 0 Å². The van der Waals surface area contributed by atoms with E-state index >= 15 is 0 Å². The predicted octanol–water partition coefficient (Wildman–Crippen LogP) is 0.565. The summed E-state index contributed by atoms with van der Waals surface area (Å²) in [4.78, 5) is 10.9. The first kappa shape index (κ1) is 13.3. The Kier molecular flexibility index (Phi) is 3.79. The van der Waals surface area contributed by atoms with Gasteiger partial charge in [-0.1, -0.05) is 0 Å². The van der Waals surface area contributed by atoms with Crippen molar-refractivity contribution in [3.8, 4) is 0 Å². The zero-order valence-electron chi connectivity index (χ0n) is 11.9. The summed E-state index contributed by atoms with van der Waals surface area (Å²) in [6, 6.07) is 2.32. The van der Waals surface area contributed by atoms with Gasteiger partial charge in [0.2, 0.25) is 0 Å². The van der Waals surface area contributed by atoms with Gasteiger partial charge in [-0.25, -0.2) is 4.98 Å². The number of nitrogens with one attached hydrogen (secondary N) is 1. The number of ether oxygens (including phenoxy) is 1. The summed E-state index contributed by atoms with van der Waals surface area (Å²) in [5.74, 6) is 1.57. The molecule has 0 spiro atoms. The van der Waals surface area contributed by atoms with Gasteiger partial charge in [0.25, 0.3) is 5.78 Å². The van der Waals surface area contributed by atoms with Crippen molar-refractivity contribution in [2.45, 2.75) is 19.9 Å². The molecular weight excluding hydrogens is 256 g/mol. The Morgan fingerprint density at radius 3 is 3.00 bits per heavy atom. The van der Waals surface area contributed by atoms with Crippen molar-refractivity contribution in [1.82, 2.24) is 24.5 Å². The molecular formula is C13H20N6O. The summed E-state index contributed by atoms with van der Waals surface area (Å²) in [6.45, 7) is 8.78. The number of rotatable bonds is 4. The number of anilines is 1. The monoisotopic (exact) mass is 276 g/mol. The van der Waals surface area contributed by atoms with Crippen LogP contribution in [0.2, 0.25) is 0 Å². The molecule has 20 heavy (non-hydrogen) atoms. The van der Waals surface area contributed by atoms with Gasteiger partial charge >= 0.3 is 0 Å². The van der Waals surface area contributed by atoms with Gasteiger partial charge in [-0.15, -0.1) is 0 Å². The summed E-state index contributed by atoms with van der Waals surface area (Å²) < 4.78 is 7.11. The van der Waals surface area contributed by atoms with Gasteiger partial charge < -0.3 is 10.1 Å². The maximum atomic E-state index is 5.37. The lowest BCUT2D eigenvalue weighted by Crippen LogP contribution is -2.42. The van der Waals surface area contributed by atoms with Crippen molar-refractivity contribution < 1.29 is 4.74 Å². The van der Waals surface area contributed by atoms with Crippen LogP contribution in [0.25, 0.3) is 5.78 Å². The van der Waals surface area contributed by atoms with E-state index in [0.717, 1.165) is 44.4 Å². The predicted molar refractivity (Wildman–Crippen MR) is 75.9 cm³/mol. The third-order valence-corrected chi connectivity index (χ3v) is 3.41. The van der Waals surface area contributed by atoms with Crippen LogP contribution in [0, 0.1) is 6.92 Å². The summed E-state index contributed by atoms with van der Waals surface area (Å²) in [7, 11) is 0. The largest absolute Gasteiger partial charge is 0.379 e. The van der Waals surface area contributed by atoms with Gasteiger partial charge in [0, 0.05) is 37.4 Å². The average molecular weight is 276 g/mol. The van der Waals surface area contributed by atoms with Crippen molar-refractivity contribution in [3.63, 3.8) is 0 Å². The second kappa shape index (κ2) is 5.72. The van der Waals surface area contributed by atoms with Crippen molar-refractivity contribution >= 4 is 11.6 Å². The number of aromatic nitrogens is 4. The minimum Gasteiger partial charge on any atom is -0.379 e. The van der Waals surface area contributed by atoms with Crippen molar-refractivity contribution in [2.75, 3.05) is 38.2 Å². The van der Waals surface area contributed by atoms with Crippen LogP contribution in [0.15, 0.2) is 12.4 Å². The molecule has 1 aliphatic rings. The Balaban J connectivity index is 1.70. The van der Waals surface area contributed by atoms with Crippen LogP contribution in [0.3, 0.4) is 0 Å². The molecule has 0 bridgehead atoms. The zero-order valence-corrected chi connectivity index (χ0v) is 11.9. The van der Waals surface area contributed by atoms with E-state index in [1.807, 2.05) is 13.0 Å². The van der Waals surface area contributed by atoms with E-state index in [9.17, 15) is 0 Å². The fourth-order valence-corrected chi connectivity index (χ4v) is 2.50. The topological polar surface area (TPSA) is 67.6 Å². The molecule has 3 rings (SSSR count). The van der Waals surface area contributed by atoms with E-state index in [2.05, 4.69) is 32.2 Å². The first-order valence-corrected chi connectivity index (χ1v) is 6.96. The van der Waals surface area contributed by atoms with Crippen LogP contribution in [0.5, 0.6) is 0 Å². The van der Waals surface area contributed by atoms with Gasteiger partial charge in [-0.05, 0) is 13.8 Å². The van der Waals surface area contributed by atoms with E-state index in [4.69, 9.17) is 4.74 Å². The Bertz CT molecular complexity index is 577. The lowest BCUT2D eigenvalue weighted by atomic mass is 10.3. The van der Waals surface area contributed by atoms with Gasteiger partial charge in [-0.3, -0.25) is 4.90 Å². The first-order valence-electron chi connectivity index (χ1n) is 6.96. The molecule has 7 nitrogen and oxygen atoms in total. The van der Waals surface area contributed by atoms with Crippen molar-refractivity contribution in [2.24, 2.45) is 0 Å². The molecule has 3 heterocycles. The smallest absolute Gasteiger partial charge is 0.254 e. The second-order valence-electron chi connectivity index (χ2n) is 5.21. The Morgan fingerprint density at radius 2 is 2.20 bits per heavy atom. The summed E-state index contributed by atoms with van der Waals surface area (Å²) >= 11 is 0. The lowest BCUT2D eigenvalue weighted by Gasteiger charge is -2.29. The molecule has 1 fully saturated rings. The van der Waals surface area contributed by atoms with Gasteiger partial charge in [0.1, 0.15) is 12.1 Å². The highest BCUT2D eigenvalue weighted by atomic mass is 16.5. The third kappa shape index (κ3) is 2.88. The highest BCUT2D eigenvalue weighted by Gasteiger charge is 2.15. The maximum absolute atomic E-state index is 5.37. The van der Waals surface area contributed by atoms with Crippen LogP contribution in [0.4, 0.5) is 5.82 Å². The minimum atomic E-state index is 0.322. The lowest BCUT2D eigenvalue weighted by molar-refractivity contribution is 0.0368. The Hall–Kier alpha value is -1.73. The molecule has 0 saturated carbocycles. The molecule has 1 saturated heterocycles. The van der Waals surface area contributed by atoms with Crippen LogP contribution < -0.4 is 5.32 Å². The average Bonchev–Trinajstić information content (AvgIpc) is 2.88. The molecule has 1 unspecified atom stereocenters. The number of hydrogen-bond acceptors (Lipinski definition) is 6. The minimum absolute atomic E-state index is 0.322. The molecule has 0 amide bonds. The summed E-state index contributed by atoms with van der Waals surface area (Å²) in [5.41, 5.74) is 0.937. The molecule has 1 N–H and O–H groups in total. The third-order valence-electron chi connectivity index (χ3n) is 3.41. The number of morpholine rings is 1. The fraction of sp³-hybridized carbons (Fsp3) is 0.615. The number of hydrogen-bond donors (Lipinski definition) is 1. The van der Waals surface area contributed by atoms with Crippen LogP contribution in [-0.2, 0) is 4.74 Å². The second-order valence-corrected chi connectivity index (χ2v) is 5.21. The van der Waals surface area contributed by atoms with E-state index in [0.29, 0.717) is 11.8 Å². The normalized spacial score (nSPS) is 18.3.